The van der Waals surface area contributed by atoms with E-state index < -0.39 is 0 Å². The minimum Gasteiger partial charge on any atom is -0.381 e. The number of carbonyl (C=O) groups is 1. The van der Waals surface area contributed by atoms with Gasteiger partial charge in [0.2, 0.25) is 5.91 Å². The predicted molar refractivity (Wildman–Crippen MR) is 89.7 cm³/mol. The molecule has 0 aliphatic carbocycles. The van der Waals surface area contributed by atoms with Crippen LogP contribution in [0.5, 0.6) is 0 Å². The van der Waals surface area contributed by atoms with Crippen LogP contribution in [-0.2, 0) is 16.0 Å². The van der Waals surface area contributed by atoms with Crippen molar-refractivity contribution in [3.05, 3.63) is 48.5 Å². The minimum atomic E-state index is -0.265. The van der Waals surface area contributed by atoms with Crippen molar-refractivity contribution in [1.29, 1.82) is 0 Å². The second kappa shape index (κ2) is 6.03. The van der Waals surface area contributed by atoms with Crippen molar-refractivity contribution in [2.45, 2.75) is 18.4 Å². The summed E-state index contributed by atoms with van der Waals surface area (Å²) in [6.07, 6.45) is 6.65. The van der Waals surface area contributed by atoms with Gasteiger partial charge in [-0.25, -0.2) is 4.98 Å². The topological polar surface area (TPSA) is 73.4 Å². The van der Waals surface area contributed by atoms with Gasteiger partial charge < -0.3 is 19.9 Å². The SMILES string of the molecule is N[C@@]12CCOC[C@@H]1CN(C(=O)Cc1ccc(-n3ccnc3)cc1)C2. The van der Waals surface area contributed by atoms with E-state index in [9.17, 15) is 4.79 Å². The summed E-state index contributed by atoms with van der Waals surface area (Å²) < 4.78 is 7.46. The molecule has 0 radical (unpaired) electrons. The van der Waals surface area contributed by atoms with Gasteiger partial charge in [-0.2, -0.15) is 0 Å². The largest absolute Gasteiger partial charge is 0.381 e. The predicted octanol–water partition coefficient (Wildman–Crippen LogP) is 0.991. The van der Waals surface area contributed by atoms with Crippen molar-refractivity contribution in [3.63, 3.8) is 0 Å². The average molecular weight is 326 g/mol. The number of fused-ring (bicyclic) bond motifs is 1. The molecule has 4 rings (SSSR count). The number of nitrogens with zero attached hydrogens (tertiary/aromatic N) is 3. The monoisotopic (exact) mass is 326 g/mol. The van der Waals surface area contributed by atoms with Gasteiger partial charge in [0.15, 0.2) is 0 Å². The van der Waals surface area contributed by atoms with Gasteiger partial charge in [-0.3, -0.25) is 4.79 Å². The highest BCUT2D eigenvalue weighted by atomic mass is 16.5. The molecule has 24 heavy (non-hydrogen) atoms. The van der Waals surface area contributed by atoms with Gasteiger partial charge in [-0.1, -0.05) is 12.1 Å². The molecule has 6 heteroatoms. The number of carbonyl (C=O) groups excluding carboxylic acids is 1. The fraction of sp³-hybridized carbons (Fsp3) is 0.444. The summed E-state index contributed by atoms with van der Waals surface area (Å²) >= 11 is 0. The number of aromatic nitrogens is 2. The summed E-state index contributed by atoms with van der Waals surface area (Å²) in [5, 5.41) is 0. The summed E-state index contributed by atoms with van der Waals surface area (Å²) in [4.78, 5) is 18.6. The Kier molecular flexibility index (Phi) is 3.86. The number of hydrogen-bond acceptors (Lipinski definition) is 4. The van der Waals surface area contributed by atoms with E-state index in [4.69, 9.17) is 10.5 Å². The van der Waals surface area contributed by atoms with Crippen molar-refractivity contribution in [3.8, 4) is 5.69 Å². The van der Waals surface area contributed by atoms with Crippen LogP contribution in [0.2, 0.25) is 0 Å². The molecule has 2 aliphatic rings. The Morgan fingerprint density at radius 2 is 2.21 bits per heavy atom. The van der Waals surface area contributed by atoms with E-state index in [-0.39, 0.29) is 17.4 Å². The maximum absolute atomic E-state index is 12.6. The molecule has 0 spiro atoms. The van der Waals surface area contributed by atoms with Gasteiger partial charge in [0.1, 0.15) is 0 Å². The number of likely N-dealkylation sites (tertiary alicyclic amines) is 1. The summed E-state index contributed by atoms with van der Waals surface area (Å²) in [6, 6.07) is 8.01. The minimum absolute atomic E-state index is 0.143. The van der Waals surface area contributed by atoms with Crippen molar-refractivity contribution in [1.82, 2.24) is 14.5 Å². The van der Waals surface area contributed by atoms with E-state index >= 15 is 0 Å². The Bertz CT molecular complexity index is 713. The molecule has 0 saturated carbocycles. The number of benzene rings is 1. The molecular weight excluding hydrogens is 304 g/mol. The third-order valence-electron chi connectivity index (χ3n) is 5.22. The van der Waals surface area contributed by atoms with Crippen LogP contribution < -0.4 is 5.73 Å². The molecule has 3 heterocycles. The van der Waals surface area contributed by atoms with Crippen LogP contribution in [0.4, 0.5) is 0 Å². The molecule has 0 unspecified atom stereocenters. The van der Waals surface area contributed by atoms with E-state index in [1.165, 1.54) is 0 Å². The molecule has 6 nitrogen and oxygen atoms in total. The number of nitrogens with two attached hydrogens (primary N) is 1. The quantitative estimate of drug-likeness (QED) is 0.913. The molecule has 1 aromatic carbocycles. The number of rotatable bonds is 3. The zero-order valence-corrected chi connectivity index (χ0v) is 13.6. The van der Waals surface area contributed by atoms with Crippen molar-refractivity contribution < 1.29 is 9.53 Å². The molecule has 2 aliphatic heterocycles. The lowest BCUT2D eigenvalue weighted by atomic mass is 9.84. The maximum Gasteiger partial charge on any atom is 0.227 e. The van der Waals surface area contributed by atoms with Gasteiger partial charge in [0, 0.05) is 49.2 Å². The maximum atomic E-state index is 12.6. The van der Waals surface area contributed by atoms with E-state index in [1.807, 2.05) is 39.9 Å². The molecule has 2 aromatic rings. The van der Waals surface area contributed by atoms with E-state index in [0.29, 0.717) is 32.7 Å². The summed E-state index contributed by atoms with van der Waals surface area (Å²) in [7, 11) is 0. The highest BCUT2D eigenvalue weighted by Gasteiger charge is 2.46. The van der Waals surface area contributed by atoms with Crippen LogP contribution >= 0.6 is 0 Å². The Hall–Kier alpha value is -2.18. The smallest absolute Gasteiger partial charge is 0.227 e. The second-order valence-electron chi connectivity index (χ2n) is 6.84. The fourth-order valence-electron chi connectivity index (χ4n) is 3.66. The van der Waals surface area contributed by atoms with Crippen LogP contribution in [0.25, 0.3) is 5.69 Å². The lowest BCUT2D eigenvalue weighted by Crippen LogP contribution is -2.52. The summed E-state index contributed by atoms with van der Waals surface area (Å²) in [5.41, 5.74) is 8.26. The molecule has 2 fully saturated rings. The van der Waals surface area contributed by atoms with Gasteiger partial charge in [0.05, 0.1) is 19.4 Å². The third kappa shape index (κ3) is 2.83. The van der Waals surface area contributed by atoms with Crippen molar-refractivity contribution >= 4 is 5.91 Å². The first-order chi connectivity index (χ1) is 11.6. The molecule has 1 amide bonds. The Morgan fingerprint density at radius 1 is 1.38 bits per heavy atom. The summed E-state index contributed by atoms with van der Waals surface area (Å²) in [5.74, 6) is 0.406. The summed E-state index contributed by atoms with van der Waals surface area (Å²) in [6.45, 7) is 2.72. The molecule has 2 N–H and O–H groups in total. The van der Waals surface area contributed by atoms with Gasteiger partial charge in [-0.05, 0) is 24.1 Å². The standard InChI is InChI=1S/C18H22N4O2/c19-18-5-8-24-11-15(18)10-22(12-18)17(23)9-14-1-3-16(4-2-14)21-7-6-20-13-21/h1-4,6-7,13,15H,5,8-12,19H2/t15-,18+/m0/s1. The van der Waals surface area contributed by atoms with E-state index in [2.05, 4.69) is 4.98 Å². The average Bonchev–Trinajstić information content (AvgIpc) is 3.22. The molecule has 2 atom stereocenters. The number of ether oxygens (including phenoxy) is 1. The third-order valence-corrected chi connectivity index (χ3v) is 5.22. The second-order valence-corrected chi connectivity index (χ2v) is 6.84. The lowest BCUT2D eigenvalue weighted by Gasteiger charge is -2.34. The van der Waals surface area contributed by atoms with Gasteiger partial charge in [-0.15, -0.1) is 0 Å². The first-order valence-electron chi connectivity index (χ1n) is 8.36. The van der Waals surface area contributed by atoms with Crippen LogP contribution in [0.1, 0.15) is 12.0 Å². The zero-order valence-electron chi connectivity index (χ0n) is 13.6. The highest BCUT2D eigenvalue weighted by molar-refractivity contribution is 5.79. The molecule has 1 aromatic heterocycles. The lowest BCUT2D eigenvalue weighted by molar-refractivity contribution is -0.129. The van der Waals surface area contributed by atoms with E-state index in [0.717, 1.165) is 17.7 Å². The van der Waals surface area contributed by atoms with Crippen LogP contribution in [0.15, 0.2) is 43.0 Å². The first-order valence-corrected chi connectivity index (χ1v) is 8.36. The van der Waals surface area contributed by atoms with Crippen molar-refractivity contribution in [2.24, 2.45) is 11.7 Å². The van der Waals surface area contributed by atoms with E-state index in [1.54, 1.807) is 12.5 Å². The zero-order chi connectivity index (χ0) is 16.6. The van der Waals surface area contributed by atoms with Gasteiger partial charge >= 0.3 is 0 Å². The van der Waals surface area contributed by atoms with Crippen molar-refractivity contribution in [2.75, 3.05) is 26.3 Å². The number of hydrogen-bond donors (Lipinski definition) is 1. The molecule has 2 saturated heterocycles. The first kappa shape index (κ1) is 15.4. The fourth-order valence-corrected chi connectivity index (χ4v) is 3.66. The normalized spacial score (nSPS) is 26.4. The highest BCUT2D eigenvalue weighted by Crippen LogP contribution is 2.32. The number of imidazole rings is 1. The molecule has 126 valence electrons. The van der Waals surface area contributed by atoms with Crippen LogP contribution in [-0.4, -0.2) is 52.2 Å². The van der Waals surface area contributed by atoms with Crippen LogP contribution in [0, 0.1) is 5.92 Å². The molecule has 0 bridgehead atoms. The molecular formula is C18H22N4O2. The number of amides is 1. The Balaban J connectivity index is 1.41. The Labute approximate surface area is 141 Å². The van der Waals surface area contributed by atoms with Gasteiger partial charge in [0.25, 0.3) is 0 Å². The van der Waals surface area contributed by atoms with Crippen LogP contribution in [0.3, 0.4) is 0 Å². The Morgan fingerprint density at radius 3 is 2.92 bits per heavy atom.